The van der Waals surface area contributed by atoms with Crippen LogP contribution >= 0.6 is 0 Å². The SMILES string of the molecule is COCCNC(C)c1nnnn1C1(C)CC1. The van der Waals surface area contributed by atoms with E-state index in [1.165, 1.54) is 0 Å². The molecule has 1 heterocycles. The summed E-state index contributed by atoms with van der Waals surface area (Å²) in [4.78, 5) is 0. The van der Waals surface area contributed by atoms with Gasteiger partial charge in [0, 0.05) is 13.7 Å². The van der Waals surface area contributed by atoms with Gasteiger partial charge < -0.3 is 10.1 Å². The predicted molar refractivity (Wildman–Crippen MR) is 59.0 cm³/mol. The highest BCUT2D eigenvalue weighted by atomic mass is 16.5. The first-order valence-electron chi connectivity index (χ1n) is 5.68. The van der Waals surface area contributed by atoms with E-state index < -0.39 is 0 Å². The molecule has 1 fully saturated rings. The van der Waals surface area contributed by atoms with Crippen molar-refractivity contribution < 1.29 is 4.74 Å². The highest BCUT2D eigenvalue weighted by Gasteiger charge is 2.43. The Morgan fingerprint density at radius 2 is 2.31 bits per heavy atom. The summed E-state index contributed by atoms with van der Waals surface area (Å²) in [5.41, 5.74) is 0.149. The van der Waals surface area contributed by atoms with Crippen LogP contribution < -0.4 is 5.32 Å². The molecule has 0 amide bonds. The number of rotatable bonds is 6. The smallest absolute Gasteiger partial charge is 0.168 e. The number of methoxy groups -OCH3 is 1. The van der Waals surface area contributed by atoms with E-state index in [2.05, 4.69) is 34.7 Å². The van der Waals surface area contributed by atoms with E-state index in [4.69, 9.17) is 4.74 Å². The molecule has 16 heavy (non-hydrogen) atoms. The van der Waals surface area contributed by atoms with Crippen molar-refractivity contribution in [2.75, 3.05) is 20.3 Å². The summed E-state index contributed by atoms with van der Waals surface area (Å²) in [5, 5.41) is 15.3. The topological polar surface area (TPSA) is 64.9 Å². The van der Waals surface area contributed by atoms with Crippen molar-refractivity contribution in [1.29, 1.82) is 0 Å². The fourth-order valence-electron chi connectivity index (χ4n) is 1.71. The third-order valence-electron chi connectivity index (χ3n) is 3.12. The van der Waals surface area contributed by atoms with Gasteiger partial charge in [0.05, 0.1) is 18.2 Å². The number of ether oxygens (including phenoxy) is 1. The Hall–Kier alpha value is -1.01. The van der Waals surface area contributed by atoms with Crippen LogP contribution in [0.15, 0.2) is 0 Å². The van der Waals surface area contributed by atoms with Crippen molar-refractivity contribution in [2.45, 2.75) is 38.3 Å². The normalized spacial score (nSPS) is 19.7. The standard InChI is InChI=1S/C10H19N5O/c1-8(11-6-7-16-3)9-12-13-14-15(9)10(2)4-5-10/h8,11H,4-7H2,1-3H3. The molecule has 90 valence electrons. The maximum Gasteiger partial charge on any atom is 0.168 e. The summed E-state index contributed by atoms with van der Waals surface area (Å²) in [7, 11) is 1.70. The summed E-state index contributed by atoms with van der Waals surface area (Å²) in [6.07, 6.45) is 2.33. The molecule has 1 aromatic rings. The van der Waals surface area contributed by atoms with Gasteiger partial charge in [0.2, 0.25) is 0 Å². The largest absolute Gasteiger partial charge is 0.383 e. The molecular formula is C10H19N5O. The van der Waals surface area contributed by atoms with Crippen LogP contribution in [0.1, 0.15) is 38.6 Å². The Labute approximate surface area is 95.4 Å². The third kappa shape index (κ3) is 2.22. The molecule has 6 heteroatoms. The zero-order chi connectivity index (χ0) is 11.6. The van der Waals surface area contributed by atoms with Gasteiger partial charge in [-0.1, -0.05) is 0 Å². The van der Waals surface area contributed by atoms with Crippen molar-refractivity contribution in [3.8, 4) is 0 Å². The van der Waals surface area contributed by atoms with E-state index >= 15 is 0 Å². The first-order chi connectivity index (χ1) is 7.67. The Balaban J connectivity index is 2.00. The first-order valence-corrected chi connectivity index (χ1v) is 5.68. The van der Waals surface area contributed by atoms with Gasteiger partial charge in [-0.3, -0.25) is 0 Å². The molecule has 0 aromatic carbocycles. The summed E-state index contributed by atoms with van der Waals surface area (Å²) < 4.78 is 6.95. The highest BCUT2D eigenvalue weighted by Crippen LogP contribution is 2.43. The van der Waals surface area contributed by atoms with Crippen molar-refractivity contribution in [1.82, 2.24) is 25.5 Å². The quantitative estimate of drug-likeness (QED) is 0.713. The average molecular weight is 225 g/mol. The number of nitrogens with zero attached hydrogens (tertiary/aromatic N) is 4. The fraction of sp³-hybridized carbons (Fsp3) is 0.900. The molecule has 1 saturated carbocycles. The van der Waals surface area contributed by atoms with Gasteiger partial charge in [-0.2, -0.15) is 0 Å². The van der Waals surface area contributed by atoms with Crippen molar-refractivity contribution in [3.05, 3.63) is 5.82 Å². The second-order valence-corrected chi connectivity index (χ2v) is 4.61. The molecule has 2 rings (SSSR count). The Bertz CT molecular complexity index is 347. The summed E-state index contributed by atoms with van der Waals surface area (Å²) in [5.74, 6) is 0.913. The zero-order valence-electron chi connectivity index (χ0n) is 10.1. The number of hydrogen-bond donors (Lipinski definition) is 1. The van der Waals surface area contributed by atoms with Crippen LogP contribution in [0.25, 0.3) is 0 Å². The third-order valence-corrected chi connectivity index (χ3v) is 3.12. The highest BCUT2D eigenvalue weighted by molar-refractivity contribution is 5.02. The minimum Gasteiger partial charge on any atom is -0.383 e. The molecule has 1 atom stereocenters. The summed E-state index contributed by atoms with van der Waals surface area (Å²) in [6.45, 7) is 5.77. The monoisotopic (exact) mass is 225 g/mol. The Morgan fingerprint density at radius 1 is 1.56 bits per heavy atom. The molecule has 1 aliphatic carbocycles. The van der Waals surface area contributed by atoms with E-state index in [1.807, 2.05) is 4.68 Å². The lowest BCUT2D eigenvalue weighted by Gasteiger charge is -2.16. The summed E-state index contributed by atoms with van der Waals surface area (Å²) in [6, 6.07) is 0.155. The van der Waals surface area contributed by atoms with E-state index in [1.54, 1.807) is 7.11 Å². The van der Waals surface area contributed by atoms with Crippen molar-refractivity contribution in [3.63, 3.8) is 0 Å². The fourth-order valence-corrected chi connectivity index (χ4v) is 1.71. The van der Waals surface area contributed by atoms with Gasteiger partial charge in [-0.05, 0) is 37.1 Å². The lowest BCUT2D eigenvalue weighted by molar-refractivity contribution is 0.195. The molecule has 0 radical (unpaired) electrons. The van der Waals surface area contributed by atoms with E-state index in [9.17, 15) is 0 Å². The first kappa shape index (κ1) is 11.5. The number of hydrogen-bond acceptors (Lipinski definition) is 5. The number of nitrogens with one attached hydrogen (secondary N) is 1. The second kappa shape index (κ2) is 4.47. The van der Waals surface area contributed by atoms with Crippen LogP contribution in [-0.2, 0) is 10.3 Å². The van der Waals surface area contributed by atoms with Crippen molar-refractivity contribution in [2.24, 2.45) is 0 Å². The Morgan fingerprint density at radius 3 is 2.94 bits per heavy atom. The van der Waals surface area contributed by atoms with Gasteiger partial charge >= 0.3 is 0 Å². The van der Waals surface area contributed by atoms with E-state index in [0.717, 1.165) is 25.2 Å². The van der Waals surface area contributed by atoms with Crippen LogP contribution in [-0.4, -0.2) is 40.5 Å². The molecule has 1 unspecified atom stereocenters. The van der Waals surface area contributed by atoms with Gasteiger partial charge in [-0.15, -0.1) is 5.10 Å². The van der Waals surface area contributed by atoms with Crippen LogP contribution in [0.3, 0.4) is 0 Å². The molecule has 1 aliphatic rings. The molecule has 1 aromatic heterocycles. The minimum atomic E-state index is 0.149. The molecule has 0 aliphatic heterocycles. The van der Waals surface area contributed by atoms with Crippen LogP contribution in [0, 0.1) is 0 Å². The maximum atomic E-state index is 5.00. The number of aromatic nitrogens is 4. The van der Waals surface area contributed by atoms with Gasteiger partial charge in [-0.25, -0.2) is 4.68 Å². The van der Waals surface area contributed by atoms with E-state index in [0.29, 0.717) is 6.61 Å². The zero-order valence-corrected chi connectivity index (χ0v) is 10.1. The molecular weight excluding hydrogens is 206 g/mol. The molecule has 0 spiro atoms. The van der Waals surface area contributed by atoms with Crippen LogP contribution in [0.5, 0.6) is 0 Å². The molecule has 6 nitrogen and oxygen atoms in total. The summed E-state index contributed by atoms with van der Waals surface area (Å²) >= 11 is 0. The van der Waals surface area contributed by atoms with Crippen molar-refractivity contribution >= 4 is 0 Å². The predicted octanol–water partition coefficient (Wildman–Crippen LogP) is 0.479. The van der Waals surface area contributed by atoms with Crippen LogP contribution in [0.2, 0.25) is 0 Å². The van der Waals surface area contributed by atoms with Gasteiger partial charge in [0.25, 0.3) is 0 Å². The molecule has 0 saturated heterocycles. The van der Waals surface area contributed by atoms with E-state index in [-0.39, 0.29) is 11.6 Å². The van der Waals surface area contributed by atoms with Crippen LogP contribution in [0.4, 0.5) is 0 Å². The maximum absolute atomic E-state index is 5.00. The van der Waals surface area contributed by atoms with Gasteiger partial charge in [0.15, 0.2) is 5.82 Å². The lowest BCUT2D eigenvalue weighted by atomic mass is 10.2. The second-order valence-electron chi connectivity index (χ2n) is 4.61. The lowest BCUT2D eigenvalue weighted by Crippen LogP contribution is -2.28. The number of tetrazole rings is 1. The molecule has 1 N–H and O–H groups in total. The molecule has 0 bridgehead atoms. The van der Waals surface area contributed by atoms with Gasteiger partial charge in [0.1, 0.15) is 0 Å². The Kier molecular flexibility index (Phi) is 3.20. The average Bonchev–Trinajstić information content (AvgIpc) is 2.84. The minimum absolute atomic E-state index is 0.149.